The van der Waals surface area contributed by atoms with Gasteiger partial charge in [0.25, 0.3) is 0 Å². The molecule has 294 valence electrons. The first-order chi connectivity index (χ1) is 25.0. The van der Waals surface area contributed by atoms with E-state index in [1.165, 1.54) is 11.8 Å². The minimum Gasteiger partial charge on any atom is -0.391 e. The highest BCUT2D eigenvalue weighted by Gasteiger charge is 2.41. The molecule has 12 N–H and O–H groups in total. The molecule has 53 heavy (non-hydrogen) atoms. The first kappa shape index (κ1) is 42.9. The fraction of sp³-hybridized carbons (Fsp3) is 0.622. The second-order valence-corrected chi connectivity index (χ2v) is 14.8. The van der Waals surface area contributed by atoms with E-state index < -0.39 is 77.8 Å². The Morgan fingerprint density at radius 3 is 2.21 bits per heavy atom. The van der Waals surface area contributed by atoms with Gasteiger partial charge in [-0.2, -0.15) is 0 Å². The normalized spacial score (nSPS) is 17.8. The SMILES string of the molecule is CC(C)C[C@H](NC(=O)[C@@H](NC(=O)[C@@H]1CCCN1C(=O)[C@@H](NC(=O)[C@@H](N)Cc1c[nH]c2ccccc12)C(C)C)[C@@H](C)O)C(=O)N[C@@H](CCCCN)C(N)=O. The summed E-state index contributed by atoms with van der Waals surface area (Å²) in [4.78, 5) is 84.3. The topological polar surface area (TPSA) is 268 Å². The number of para-hydroxylation sites is 1. The third-order valence-electron chi connectivity index (χ3n) is 9.53. The van der Waals surface area contributed by atoms with Crippen LogP contribution in [0.5, 0.6) is 0 Å². The molecule has 16 heteroatoms. The molecule has 0 bridgehead atoms. The number of fused-ring (bicyclic) bond motifs is 1. The summed E-state index contributed by atoms with van der Waals surface area (Å²) in [5.74, 6) is -4.20. The lowest BCUT2D eigenvalue weighted by Gasteiger charge is -2.32. The van der Waals surface area contributed by atoms with Crippen molar-refractivity contribution in [2.75, 3.05) is 13.1 Å². The zero-order valence-corrected chi connectivity index (χ0v) is 31.5. The Hall–Kier alpha value is -4.54. The van der Waals surface area contributed by atoms with Crippen molar-refractivity contribution in [3.8, 4) is 0 Å². The van der Waals surface area contributed by atoms with Crippen molar-refractivity contribution in [1.82, 2.24) is 31.2 Å². The Bertz CT molecular complexity index is 1580. The number of aromatic nitrogens is 1. The van der Waals surface area contributed by atoms with Gasteiger partial charge in [-0.15, -0.1) is 0 Å². The molecule has 2 aromatic rings. The molecule has 0 radical (unpaired) electrons. The molecule has 7 atom stereocenters. The lowest BCUT2D eigenvalue weighted by Crippen LogP contribution is -2.61. The van der Waals surface area contributed by atoms with Crippen molar-refractivity contribution in [3.63, 3.8) is 0 Å². The lowest BCUT2D eigenvalue weighted by atomic mass is 10.00. The van der Waals surface area contributed by atoms with Crippen LogP contribution in [-0.4, -0.2) is 106 Å². The molecule has 1 fully saturated rings. The van der Waals surface area contributed by atoms with Gasteiger partial charge >= 0.3 is 0 Å². The largest absolute Gasteiger partial charge is 0.391 e. The Kier molecular flexibility index (Phi) is 16.2. The van der Waals surface area contributed by atoms with Crippen molar-refractivity contribution < 1.29 is 33.9 Å². The summed E-state index contributed by atoms with van der Waals surface area (Å²) in [5, 5.41) is 22.2. The Morgan fingerprint density at radius 2 is 1.58 bits per heavy atom. The molecule has 0 spiro atoms. The van der Waals surface area contributed by atoms with E-state index in [1.807, 2.05) is 44.3 Å². The van der Waals surface area contributed by atoms with Crippen LogP contribution in [0.1, 0.15) is 78.7 Å². The molecule has 1 aliphatic heterocycles. The van der Waals surface area contributed by atoms with Gasteiger partial charge in [-0.1, -0.05) is 45.9 Å². The number of rotatable bonds is 20. The second kappa shape index (κ2) is 20.1. The number of hydrogen-bond acceptors (Lipinski definition) is 9. The highest BCUT2D eigenvalue weighted by molar-refractivity contribution is 5.97. The van der Waals surface area contributed by atoms with Crippen LogP contribution in [0.2, 0.25) is 0 Å². The van der Waals surface area contributed by atoms with E-state index >= 15 is 0 Å². The first-order valence-electron chi connectivity index (χ1n) is 18.6. The molecule has 0 saturated carbocycles. The molecule has 0 unspecified atom stereocenters. The molecule has 1 aliphatic rings. The zero-order chi connectivity index (χ0) is 39.4. The van der Waals surface area contributed by atoms with Crippen molar-refractivity contribution in [2.45, 2.75) is 122 Å². The Labute approximate surface area is 311 Å². The van der Waals surface area contributed by atoms with Crippen LogP contribution in [0.15, 0.2) is 30.5 Å². The van der Waals surface area contributed by atoms with Gasteiger partial charge in [-0.05, 0) is 81.9 Å². The van der Waals surface area contributed by atoms with E-state index in [-0.39, 0.29) is 37.6 Å². The third kappa shape index (κ3) is 12.0. The van der Waals surface area contributed by atoms with Crippen molar-refractivity contribution in [2.24, 2.45) is 29.0 Å². The van der Waals surface area contributed by atoms with Gasteiger partial charge in [-0.25, -0.2) is 0 Å². The number of aliphatic hydroxyl groups excluding tert-OH is 1. The number of aromatic amines is 1. The lowest BCUT2D eigenvalue weighted by molar-refractivity contribution is -0.143. The molecule has 6 amide bonds. The maximum Gasteiger partial charge on any atom is 0.246 e. The number of likely N-dealkylation sites (tertiary alicyclic amines) is 1. The van der Waals surface area contributed by atoms with Crippen molar-refractivity contribution in [3.05, 3.63) is 36.0 Å². The van der Waals surface area contributed by atoms with E-state index in [2.05, 4.69) is 26.3 Å². The molecule has 3 rings (SSSR count). The monoisotopic (exact) mass is 741 g/mol. The first-order valence-corrected chi connectivity index (χ1v) is 18.6. The minimum absolute atomic E-state index is 0.0505. The number of carbonyl (C=O) groups is 6. The molecular formula is C37H59N9O7. The average molecular weight is 742 g/mol. The summed E-state index contributed by atoms with van der Waals surface area (Å²) < 4.78 is 0. The number of nitrogens with zero attached hydrogens (tertiary/aromatic N) is 1. The van der Waals surface area contributed by atoms with Crippen LogP contribution in [-0.2, 0) is 35.2 Å². The molecule has 1 saturated heterocycles. The molecule has 2 heterocycles. The maximum atomic E-state index is 13.9. The zero-order valence-electron chi connectivity index (χ0n) is 31.5. The number of H-pyrrole nitrogens is 1. The van der Waals surface area contributed by atoms with E-state index in [1.54, 1.807) is 13.8 Å². The van der Waals surface area contributed by atoms with Gasteiger partial charge in [0, 0.05) is 23.6 Å². The number of primary amides is 1. The van der Waals surface area contributed by atoms with Crippen molar-refractivity contribution in [1.29, 1.82) is 0 Å². The number of benzene rings is 1. The predicted molar refractivity (Wildman–Crippen MR) is 201 cm³/mol. The highest BCUT2D eigenvalue weighted by atomic mass is 16.3. The second-order valence-electron chi connectivity index (χ2n) is 14.8. The summed E-state index contributed by atoms with van der Waals surface area (Å²) in [5.41, 5.74) is 19.1. The van der Waals surface area contributed by atoms with Crippen LogP contribution < -0.4 is 38.5 Å². The highest BCUT2D eigenvalue weighted by Crippen LogP contribution is 2.22. The van der Waals surface area contributed by atoms with Crippen LogP contribution in [0.3, 0.4) is 0 Å². The van der Waals surface area contributed by atoms with E-state index in [0.29, 0.717) is 32.2 Å². The van der Waals surface area contributed by atoms with Gasteiger partial charge in [0.05, 0.1) is 12.1 Å². The van der Waals surface area contributed by atoms with E-state index in [9.17, 15) is 33.9 Å². The average Bonchev–Trinajstić information content (AvgIpc) is 3.75. The van der Waals surface area contributed by atoms with Gasteiger partial charge in [-0.3, -0.25) is 28.8 Å². The number of hydrogen-bond donors (Lipinski definition) is 9. The molecule has 16 nitrogen and oxygen atoms in total. The van der Waals surface area contributed by atoms with Gasteiger partial charge < -0.3 is 53.5 Å². The number of aliphatic hydroxyl groups is 1. The number of nitrogens with one attached hydrogen (secondary N) is 5. The van der Waals surface area contributed by atoms with Crippen LogP contribution >= 0.6 is 0 Å². The number of nitrogens with two attached hydrogens (primary N) is 3. The van der Waals surface area contributed by atoms with Crippen LogP contribution in [0.25, 0.3) is 10.9 Å². The van der Waals surface area contributed by atoms with Crippen molar-refractivity contribution >= 4 is 46.3 Å². The fourth-order valence-electron chi connectivity index (χ4n) is 6.56. The number of unbranched alkanes of at least 4 members (excludes halogenated alkanes) is 1. The Balaban J connectivity index is 1.69. The van der Waals surface area contributed by atoms with Crippen LogP contribution in [0, 0.1) is 11.8 Å². The summed E-state index contributed by atoms with van der Waals surface area (Å²) in [6, 6.07) is 1.24. The van der Waals surface area contributed by atoms with Gasteiger partial charge in [0.1, 0.15) is 30.2 Å². The summed E-state index contributed by atoms with van der Waals surface area (Å²) in [6.45, 7) is 9.24. The molecular weight excluding hydrogens is 682 g/mol. The smallest absolute Gasteiger partial charge is 0.246 e. The summed E-state index contributed by atoms with van der Waals surface area (Å²) in [6.07, 6.45) is 3.15. The minimum atomic E-state index is -1.47. The molecule has 1 aromatic heterocycles. The Morgan fingerprint density at radius 1 is 0.906 bits per heavy atom. The van der Waals surface area contributed by atoms with E-state index in [0.717, 1.165) is 16.5 Å². The number of amides is 6. The predicted octanol–water partition coefficient (Wildman–Crippen LogP) is -0.335. The summed E-state index contributed by atoms with van der Waals surface area (Å²) in [7, 11) is 0. The number of carbonyl (C=O) groups excluding carboxylic acids is 6. The molecule has 0 aliphatic carbocycles. The standard InChI is InChI=1S/C37H59N9O7/c1-20(2)17-28(34(50)42-27(32(40)48)13-8-9-15-38)43-36(52)31(22(5)47)45-35(51)29-14-10-16-46(29)37(53)30(21(3)4)44-33(49)25(39)18-23-19-41-26-12-7-6-11-24(23)26/h6-7,11-12,19-22,25,27-31,41,47H,8-10,13-18,38-39H2,1-5H3,(H2,40,48)(H,42,50)(H,43,52)(H,44,49)(H,45,51)/t22-,25+,27+,28+,29+,30+,31+/m1/s1. The quantitative estimate of drug-likeness (QED) is 0.0803. The fourth-order valence-corrected chi connectivity index (χ4v) is 6.56. The van der Waals surface area contributed by atoms with Gasteiger partial charge in [0.2, 0.25) is 35.4 Å². The van der Waals surface area contributed by atoms with Crippen LogP contribution in [0.4, 0.5) is 0 Å². The van der Waals surface area contributed by atoms with Gasteiger partial charge in [0.15, 0.2) is 0 Å². The van der Waals surface area contributed by atoms with E-state index in [4.69, 9.17) is 17.2 Å². The maximum absolute atomic E-state index is 13.9. The third-order valence-corrected chi connectivity index (χ3v) is 9.53. The summed E-state index contributed by atoms with van der Waals surface area (Å²) >= 11 is 0. The molecule has 1 aromatic carbocycles.